The van der Waals surface area contributed by atoms with Crippen LogP contribution in [0, 0.1) is 18.8 Å². The van der Waals surface area contributed by atoms with Gasteiger partial charge in [0.1, 0.15) is 5.82 Å². The van der Waals surface area contributed by atoms with Crippen LogP contribution < -0.4 is 4.90 Å². The van der Waals surface area contributed by atoms with Gasteiger partial charge in [0, 0.05) is 24.8 Å². The lowest BCUT2D eigenvalue weighted by atomic mass is 9.86. The van der Waals surface area contributed by atoms with Gasteiger partial charge in [-0.3, -0.25) is 4.79 Å². The Hall–Kier alpha value is -1.38. The topological polar surface area (TPSA) is 33.2 Å². The van der Waals surface area contributed by atoms with E-state index in [9.17, 15) is 4.79 Å². The molecule has 18 heavy (non-hydrogen) atoms. The molecular formula is C15H22N2O. The largest absolute Gasteiger partial charge is 0.356 e. The second-order valence-corrected chi connectivity index (χ2v) is 5.60. The SMILES string of the molecule is Cc1cc(C=O)cnc1N1CCC(C(C)C)CC1. The lowest BCUT2D eigenvalue weighted by molar-refractivity contribution is 0.112. The van der Waals surface area contributed by atoms with E-state index in [1.165, 1.54) is 12.8 Å². The number of rotatable bonds is 3. The van der Waals surface area contributed by atoms with Crippen molar-refractivity contribution in [1.82, 2.24) is 4.98 Å². The molecule has 2 rings (SSSR count). The van der Waals surface area contributed by atoms with Gasteiger partial charge in [0.25, 0.3) is 0 Å². The third kappa shape index (κ3) is 2.71. The summed E-state index contributed by atoms with van der Waals surface area (Å²) >= 11 is 0. The maximum absolute atomic E-state index is 10.7. The molecule has 0 amide bonds. The highest BCUT2D eigenvalue weighted by atomic mass is 16.1. The number of aromatic nitrogens is 1. The van der Waals surface area contributed by atoms with Crippen LogP contribution in [0.15, 0.2) is 12.3 Å². The summed E-state index contributed by atoms with van der Waals surface area (Å²) in [5.74, 6) is 2.66. The van der Waals surface area contributed by atoms with E-state index in [1.54, 1.807) is 6.20 Å². The molecule has 1 fully saturated rings. The smallest absolute Gasteiger partial charge is 0.151 e. The zero-order chi connectivity index (χ0) is 13.1. The number of piperidine rings is 1. The van der Waals surface area contributed by atoms with Crippen molar-refractivity contribution in [2.45, 2.75) is 33.6 Å². The van der Waals surface area contributed by atoms with E-state index < -0.39 is 0 Å². The highest BCUT2D eigenvalue weighted by molar-refractivity contribution is 5.75. The van der Waals surface area contributed by atoms with Gasteiger partial charge in [-0.05, 0) is 43.2 Å². The first kappa shape index (κ1) is 13.1. The summed E-state index contributed by atoms with van der Waals surface area (Å²) in [5, 5.41) is 0. The van der Waals surface area contributed by atoms with Crippen LogP contribution in [-0.4, -0.2) is 24.4 Å². The minimum atomic E-state index is 0.660. The fourth-order valence-corrected chi connectivity index (χ4v) is 2.76. The van der Waals surface area contributed by atoms with Gasteiger partial charge in [0.2, 0.25) is 0 Å². The molecule has 0 aromatic carbocycles. The average molecular weight is 246 g/mol. The number of hydrogen-bond acceptors (Lipinski definition) is 3. The van der Waals surface area contributed by atoms with Gasteiger partial charge < -0.3 is 4.90 Å². The summed E-state index contributed by atoms with van der Waals surface area (Å²) in [6, 6.07) is 1.92. The van der Waals surface area contributed by atoms with Crippen molar-refractivity contribution in [3.8, 4) is 0 Å². The number of pyridine rings is 1. The molecule has 1 aromatic rings. The number of nitrogens with zero attached hydrogens (tertiary/aromatic N) is 2. The molecule has 0 radical (unpaired) electrons. The minimum absolute atomic E-state index is 0.660. The van der Waals surface area contributed by atoms with E-state index in [1.807, 2.05) is 13.0 Å². The number of hydrogen-bond donors (Lipinski definition) is 0. The monoisotopic (exact) mass is 246 g/mol. The van der Waals surface area contributed by atoms with Crippen molar-refractivity contribution >= 4 is 12.1 Å². The van der Waals surface area contributed by atoms with Gasteiger partial charge in [-0.25, -0.2) is 4.98 Å². The summed E-state index contributed by atoms with van der Waals surface area (Å²) in [6.45, 7) is 8.81. The molecule has 0 N–H and O–H groups in total. The third-order valence-electron chi connectivity index (χ3n) is 3.99. The molecule has 0 aliphatic carbocycles. The first-order valence-electron chi connectivity index (χ1n) is 6.78. The van der Waals surface area contributed by atoms with Crippen LogP contribution >= 0.6 is 0 Å². The molecule has 1 saturated heterocycles. The zero-order valence-corrected chi connectivity index (χ0v) is 11.5. The Bertz CT molecular complexity index is 421. The summed E-state index contributed by atoms with van der Waals surface area (Å²) in [5.41, 5.74) is 1.76. The average Bonchev–Trinajstić information content (AvgIpc) is 2.38. The molecular weight excluding hydrogens is 224 g/mol. The summed E-state index contributed by atoms with van der Waals surface area (Å²) in [4.78, 5) is 17.5. The highest BCUT2D eigenvalue weighted by Crippen LogP contribution is 2.28. The Morgan fingerprint density at radius 1 is 1.39 bits per heavy atom. The number of anilines is 1. The normalized spacial score (nSPS) is 17.2. The highest BCUT2D eigenvalue weighted by Gasteiger charge is 2.23. The minimum Gasteiger partial charge on any atom is -0.356 e. The molecule has 98 valence electrons. The van der Waals surface area contributed by atoms with E-state index in [0.717, 1.165) is 42.6 Å². The first-order chi connectivity index (χ1) is 8.61. The molecule has 1 aliphatic rings. The summed E-state index contributed by atoms with van der Waals surface area (Å²) < 4.78 is 0. The van der Waals surface area contributed by atoms with E-state index in [-0.39, 0.29) is 0 Å². The quantitative estimate of drug-likeness (QED) is 0.768. The Balaban J connectivity index is 2.07. The fraction of sp³-hybridized carbons (Fsp3) is 0.600. The fourth-order valence-electron chi connectivity index (χ4n) is 2.76. The van der Waals surface area contributed by atoms with E-state index in [4.69, 9.17) is 0 Å². The predicted octanol–water partition coefficient (Wildman–Crippen LogP) is 3.07. The van der Waals surface area contributed by atoms with Crippen LogP contribution in [0.2, 0.25) is 0 Å². The Morgan fingerprint density at radius 3 is 2.56 bits per heavy atom. The second-order valence-electron chi connectivity index (χ2n) is 5.60. The number of carbonyl (C=O) groups is 1. The van der Waals surface area contributed by atoms with Crippen molar-refractivity contribution in [2.24, 2.45) is 11.8 Å². The van der Waals surface area contributed by atoms with Crippen LogP contribution in [-0.2, 0) is 0 Å². The van der Waals surface area contributed by atoms with Gasteiger partial charge in [-0.2, -0.15) is 0 Å². The van der Waals surface area contributed by atoms with Crippen LogP contribution in [0.3, 0.4) is 0 Å². The Labute approximate surface area is 109 Å². The zero-order valence-electron chi connectivity index (χ0n) is 11.5. The van der Waals surface area contributed by atoms with Crippen molar-refractivity contribution in [3.05, 3.63) is 23.4 Å². The van der Waals surface area contributed by atoms with Crippen molar-refractivity contribution < 1.29 is 4.79 Å². The molecule has 3 nitrogen and oxygen atoms in total. The van der Waals surface area contributed by atoms with Gasteiger partial charge in [-0.1, -0.05) is 13.8 Å². The third-order valence-corrected chi connectivity index (χ3v) is 3.99. The second kappa shape index (κ2) is 5.51. The molecule has 0 spiro atoms. The summed E-state index contributed by atoms with van der Waals surface area (Å²) in [6.07, 6.45) is 5.01. The Morgan fingerprint density at radius 2 is 2.06 bits per heavy atom. The Kier molecular flexibility index (Phi) is 4.00. The van der Waals surface area contributed by atoms with Gasteiger partial charge in [0.05, 0.1) is 0 Å². The standard InChI is InChI=1S/C15H22N2O/c1-11(2)14-4-6-17(7-5-14)15-12(3)8-13(10-18)9-16-15/h8-11,14H,4-7H2,1-3H3. The maximum Gasteiger partial charge on any atom is 0.151 e. The molecule has 0 saturated carbocycles. The summed E-state index contributed by atoms with van der Waals surface area (Å²) in [7, 11) is 0. The molecule has 0 atom stereocenters. The number of aryl methyl sites for hydroxylation is 1. The molecule has 1 aliphatic heterocycles. The lowest BCUT2D eigenvalue weighted by Crippen LogP contribution is -2.36. The number of aldehydes is 1. The van der Waals surface area contributed by atoms with E-state index >= 15 is 0 Å². The molecule has 3 heteroatoms. The van der Waals surface area contributed by atoms with Crippen LogP contribution in [0.5, 0.6) is 0 Å². The number of carbonyl (C=O) groups excluding carboxylic acids is 1. The van der Waals surface area contributed by atoms with E-state index in [2.05, 4.69) is 23.7 Å². The van der Waals surface area contributed by atoms with Crippen molar-refractivity contribution in [2.75, 3.05) is 18.0 Å². The first-order valence-corrected chi connectivity index (χ1v) is 6.78. The van der Waals surface area contributed by atoms with Crippen molar-refractivity contribution in [3.63, 3.8) is 0 Å². The molecule has 0 unspecified atom stereocenters. The van der Waals surface area contributed by atoms with Crippen LogP contribution in [0.4, 0.5) is 5.82 Å². The van der Waals surface area contributed by atoms with Crippen molar-refractivity contribution in [1.29, 1.82) is 0 Å². The van der Waals surface area contributed by atoms with E-state index in [0.29, 0.717) is 5.56 Å². The molecule has 0 bridgehead atoms. The molecule has 2 heterocycles. The van der Waals surface area contributed by atoms with Crippen LogP contribution in [0.1, 0.15) is 42.6 Å². The molecule has 1 aromatic heterocycles. The lowest BCUT2D eigenvalue weighted by Gasteiger charge is -2.35. The van der Waals surface area contributed by atoms with Gasteiger partial charge in [0.15, 0.2) is 6.29 Å². The van der Waals surface area contributed by atoms with Gasteiger partial charge in [-0.15, -0.1) is 0 Å². The predicted molar refractivity (Wildman–Crippen MR) is 74.1 cm³/mol. The maximum atomic E-state index is 10.7. The van der Waals surface area contributed by atoms with Gasteiger partial charge >= 0.3 is 0 Å². The van der Waals surface area contributed by atoms with Crippen LogP contribution in [0.25, 0.3) is 0 Å².